The van der Waals surface area contributed by atoms with Crippen molar-refractivity contribution in [2.24, 2.45) is 0 Å². The van der Waals surface area contributed by atoms with E-state index in [4.69, 9.17) is 28.4 Å². The van der Waals surface area contributed by atoms with Crippen molar-refractivity contribution >= 4 is 22.5 Å². The zero-order chi connectivity index (χ0) is 31.6. The van der Waals surface area contributed by atoms with Gasteiger partial charge in [0.05, 0.1) is 59.3 Å². The van der Waals surface area contributed by atoms with Crippen LogP contribution in [-0.4, -0.2) is 59.5 Å². The van der Waals surface area contributed by atoms with E-state index in [1.54, 1.807) is 18.2 Å². The molecule has 0 spiro atoms. The summed E-state index contributed by atoms with van der Waals surface area (Å²) in [5.41, 5.74) is -1.82. The summed E-state index contributed by atoms with van der Waals surface area (Å²) in [7, 11) is 7.96. The van der Waals surface area contributed by atoms with Gasteiger partial charge in [-0.15, -0.1) is 0 Å². The van der Waals surface area contributed by atoms with Gasteiger partial charge in [0.25, 0.3) is 0 Å². The Morgan fingerprint density at radius 3 is 1.86 bits per heavy atom. The lowest BCUT2D eigenvalue weighted by Crippen LogP contribution is -2.15. The summed E-state index contributed by atoms with van der Waals surface area (Å²) in [6.45, 7) is 0. The Labute approximate surface area is 244 Å². The largest absolute Gasteiger partial charge is 0.506 e. The third-order valence-electron chi connectivity index (χ3n) is 6.84. The molecule has 0 aromatic heterocycles. The van der Waals surface area contributed by atoms with Crippen LogP contribution in [0.5, 0.6) is 34.5 Å². The number of ketones is 1. The van der Waals surface area contributed by atoms with Gasteiger partial charge in [-0.3, -0.25) is 4.79 Å². The first kappa shape index (κ1) is 30.8. The molecule has 4 aromatic carbocycles. The van der Waals surface area contributed by atoms with E-state index in [0.717, 1.165) is 31.4 Å². The first-order valence-corrected chi connectivity index (χ1v) is 12.5. The molecular weight excluding hydrogens is 573 g/mol. The Morgan fingerprint density at radius 2 is 1.35 bits per heavy atom. The van der Waals surface area contributed by atoms with Crippen LogP contribution in [-0.2, 0) is 10.9 Å². The molecule has 0 atom stereocenters. The molecule has 0 unspecified atom stereocenters. The number of rotatable bonds is 9. The van der Waals surface area contributed by atoms with Crippen LogP contribution in [0, 0.1) is 0 Å². The van der Waals surface area contributed by atoms with Crippen molar-refractivity contribution in [2.45, 2.75) is 6.18 Å². The van der Waals surface area contributed by atoms with E-state index < -0.39 is 40.4 Å². The van der Waals surface area contributed by atoms with Gasteiger partial charge in [0.2, 0.25) is 5.75 Å². The lowest BCUT2D eigenvalue weighted by Gasteiger charge is -2.23. The van der Waals surface area contributed by atoms with Gasteiger partial charge in [0, 0.05) is 33.5 Å². The van der Waals surface area contributed by atoms with E-state index in [2.05, 4.69) is 0 Å². The highest BCUT2D eigenvalue weighted by Gasteiger charge is 2.35. The molecule has 0 bridgehead atoms. The average molecular weight is 601 g/mol. The maximum absolute atomic E-state index is 14.0. The van der Waals surface area contributed by atoms with Crippen molar-refractivity contribution in [1.82, 2.24) is 0 Å². The molecule has 0 radical (unpaired) electrons. The van der Waals surface area contributed by atoms with Gasteiger partial charge < -0.3 is 33.5 Å². The van der Waals surface area contributed by atoms with Crippen LogP contribution in [0.1, 0.15) is 31.8 Å². The minimum atomic E-state index is -4.64. The molecule has 12 heteroatoms. The van der Waals surface area contributed by atoms with Crippen LogP contribution in [0.25, 0.3) is 21.9 Å². The second-order valence-corrected chi connectivity index (χ2v) is 9.00. The molecule has 0 saturated carbocycles. The van der Waals surface area contributed by atoms with Crippen LogP contribution in [0.2, 0.25) is 0 Å². The molecule has 0 aliphatic heterocycles. The number of hydrogen-bond acceptors (Lipinski definition) is 9. The van der Waals surface area contributed by atoms with Crippen molar-refractivity contribution < 1.29 is 56.3 Å². The van der Waals surface area contributed by atoms with Crippen LogP contribution < -0.4 is 23.7 Å². The maximum atomic E-state index is 14.0. The molecule has 43 heavy (non-hydrogen) atoms. The number of methoxy groups -OCH3 is 6. The molecule has 0 amide bonds. The third kappa shape index (κ3) is 5.31. The number of ether oxygens (including phenoxy) is 6. The van der Waals surface area contributed by atoms with Gasteiger partial charge in [-0.2, -0.15) is 13.2 Å². The molecule has 1 N–H and O–H groups in total. The molecule has 0 fully saturated rings. The predicted octanol–water partition coefficient (Wildman–Crippen LogP) is 6.29. The topological polar surface area (TPSA) is 110 Å². The monoisotopic (exact) mass is 600 g/mol. The molecule has 0 aliphatic rings. The van der Waals surface area contributed by atoms with Crippen LogP contribution in [0.15, 0.2) is 48.5 Å². The van der Waals surface area contributed by atoms with Crippen molar-refractivity contribution in [2.75, 3.05) is 42.7 Å². The predicted molar refractivity (Wildman–Crippen MR) is 150 cm³/mol. The summed E-state index contributed by atoms with van der Waals surface area (Å²) in [5, 5.41) is 11.8. The minimum absolute atomic E-state index is 0.00489. The number of alkyl halides is 3. The van der Waals surface area contributed by atoms with Crippen molar-refractivity contribution in [3.8, 4) is 45.6 Å². The molecule has 0 heterocycles. The zero-order valence-corrected chi connectivity index (χ0v) is 24.0. The van der Waals surface area contributed by atoms with Crippen LogP contribution in [0.4, 0.5) is 13.2 Å². The lowest BCUT2D eigenvalue weighted by atomic mass is 9.84. The van der Waals surface area contributed by atoms with E-state index in [1.807, 2.05) is 0 Å². The van der Waals surface area contributed by atoms with E-state index in [0.29, 0.717) is 5.75 Å². The highest BCUT2D eigenvalue weighted by molar-refractivity contribution is 6.25. The molecule has 0 aliphatic carbocycles. The first-order chi connectivity index (χ1) is 20.5. The fraction of sp³-hybridized carbons (Fsp3) is 0.226. The van der Waals surface area contributed by atoms with E-state index >= 15 is 0 Å². The number of benzene rings is 4. The molecule has 226 valence electrons. The fourth-order valence-electron chi connectivity index (χ4n) is 4.85. The number of esters is 1. The highest BCUT2D eigenvalue weighted by atomic mass is 19.4. The van der Waals surface area contributed by atoms with Gasteiger partial charge in [-0.25, -0.2) is 4.79 Å². The smallest absolute Gasteiger partial charge is 0.416 e. The number of carbonyl (C=O) groups excluding carboxylic acids is 2. The second kappa shape index (κ2) is 12.0. The van der Waals surface area contributed by atoms with E-state index in [9.17, 15) is 27.9 Å². The Hall–Kier alpha value is -5.13. The molecule has 4 rings (SSSR count). The summed E-state index contributed by atoms with van der Waals surface area (Å²) >= 11 is 0. The van der Waals surface area contributed by atoms with E-state index in [1.165, 1.54) is 41.6 Å². The lowest BCUT2D eigenvalue weighted by molar-refractivity contribution is -0.137. The number of phenolic OH excluding ortho intramolecular Hbond substituents is 1. The molecule has 4 aromatic rings. The number of hydrogen-bond donors (Lipinski definition) is 1. The van der Waals surface area contributed by atoms with Gasteiger partial charge in [0.15, 0.2) is 17.3 Å². The summed E-state index contributed by atoms with van der Waals surface area (Å²) in [6, 6.07) is 9.45. The number of fused-ring (bicyclic) bond motifs is 1. The number of phenols is 1. The van der Waals surface area contributed by atoms with E-state index in [-0.39, 0.29) is 50.5 Å². The average Bonchev–Trinajstić information content (AvgIpc) is 3.02. The Balaban J connectivity index is 2.26. The van der Waals surface area contributed by atoms with Crippen molar-refractivity contribution in [3.05, 3.63) is 70.8 Å². The molecular formula is C31H27F3O9. The fourth-order valence-corrected chi connectivity index (χ4v) is 4.85. The quantitative estimate of drug-likeness (QED) is 0.175. The van der Waals surface area contributed by atoms with Crippen molar-refractivity contribution in [3.63, 3.8) is 0 Å². The SMILES string of the molecule is COC(=O)c1c(C(=O)c2ccc(C(F)(F)F)cc2)c(O)c2cc(OC)c(OC)c(OC)c2c1-c1ccc(OC)cc1OC. The summed E-state index contributed by atoms with van der Waals surface area (Å²) in [6.07, 6.45) is -4.64. The first-order valence-electron chi connectivity index (χ1n) is 12.5. The van der Waals surface area contributed by atoms with Crippen molar-refractivity contribution in [1.29, 1.82) is 0 Å². The Morgan fingerprint density at radius 1 is 0.721 bits per heavy atom. The number of halogens is 3. The van der Waals surface area contributed by atoms with Gasteiger partial charge in [0.1, 0.15) is 17.2 Å². The standard InChI is InChI=1S/C31H27F3O9/c1-38-17-11-12-18(20(13-17)39-2)22-23-19(14-21(40-3)28(41-4)29(23)42-5)27(36)25(24(22)30(37)43-6)26(35)15-7-9-16(10-8-15)31(32,33)34/h7-14,36H,1-6H3. The van der Waals surface area contributed by atoms with Gasteiger partial charge in [-0.1, -0.05) is 12.1 Å². The third-order valence-corrected chi connectivity index (χ3v) is 6.84. The summed E-state index contributed by atoms with van der Waals surface area (Å²) < 4.78 is 72.4. The maximum Gasteiger partial charge on any atom is 0.416 e. The molecule has 0 saturated heterocycles. The van der Waals surface area contributed by atoms with Crippen LogP contribution >= 0.6 is 0 Å². The Kier molecular flexibility index (Phi) is 8.60. The summed E-state index contributed by atoms with van der Waals surface area (Å²) in [5.74, 6) is -1.75. The highest BCUT2D eigenvalue weighted by Crippen LogP contribution is 2.53. The van der Waals surface area contributed by atoms with Gasteiger partial charge in [-0.05, 0) is 30.3 Å². The normalized spacial score (nSPS) is 11.2. The summed E-state index contributed by atoms with van der Waals surface area (Å²) in [4.78, 5) is 27.5. The Bertz CT molecular complexity index is 1710. The zero-order valence-electron chi connectivity index (χ0n) is 24.0. The minimum Gasteiger partial charge on any atom is -0.506 e. The van der Waals surface area contributed by atoms with Gasteiger partial charge >= 0.3 is 12.1 Å². The van der Waals surface area contributed by atoms with Crippen LogP contribution in [0.3, 0.4) is 0 Å². The number of aromatic hydroxyl groups is 1. The molecule has 9 nitrogen and oxygen atoms in total. The second-order valence-electron chi connectivity index (χ2n) is 9.00. The number of carbonyl (C=O) groups is 2.